The maximum Gasteiger partial charge on any atom is 0.255 e. The Labute approximate surface area is 162 Å². The van der Waals surface area contributed by atoms with Gasteiger partial charge in [0, 0.05) is 17.8 Å². The van der Waals surface area contributed by atoms with Crippen LogP contribution in [-0.4, -0.2) is 20.9 Å². The van der Waals surface area contributed by atoms with Crippen molar-refractivity contribution in [1.29, 1.82) is 0 Å². The van der Waals surface area contributed by atoms with E-state index in [0.717, 1.165) is 17.7 Å². The Bertz CT molecular complexity index is 890. The minimum Gasteiger partial charge on any atom is -0.322 e. The summed E-state index contributed by atoms with van der Waals surface area (Å²) in [6.07, 6.45) is 0.755. The molecular weight excluding hydrogens is 360 g/mol. The van der Waals surface area contributed by atoms with Crippen LogP contribution in [0.1, 0.15) is 56.0 Å². The normalized spacial score (nSPS) is 11.8. The van der Waals surface area contributed by atoms with E-state index in [4.69, 9.17) is 0 Å². The molecule has 0 aliphatic carbocycles. The summed E-state index contributed by atoms with van der Waals surface area (Å²) in [5.74, 6) is 0.339. The van der Waals surface area contributed by atoms with E-state index in [1.807, 2.05) is 38.1 Å². The molecule has 146 valence electrons. The van der Waals surface area contributed by atoms with Gasteiger partial charge in [-0.1, -0.05) is 52.0 Å². The highest BCUT2D eigenvalue weighted by Gasteiger charge is 2.17. The van der Waals surface area contributed by atoms with Crippen molar-refractivity contribution in [2.75, 3.05) is 11.9 Å². The fourth-order valence-corrected chi connectivity index (χ4v) is 3.77. The Morgan fingerprint density at radius 3 is 2.37 bits per heavy atom. The van der Waals surface area contributed by atoms with Crippen LogP contribution in [0, 0.1) is 5.92 Å². The van der Waals surface area contributed by atoms with Crippen LogP contribution in [0.2, 0.25) is 0 Å². The first-order valence-electron chi connectivity index (χ1n) is 9.20. The highest BCUT2D eigenvalue weighted by Crippen LogP contribution is 2.24. The first-order valence-corrected chi connectivity index (χ1v) is 10.7. The molecule has 0 spiro atoms. The van der Waals surface area contributed by atoms with E-state index in [1.54, 1.807) is 12.1 Å². The maximum atomic E-state index is 12.6. The van der Waals surface area contributed by atoms with Crippen molar-refractivity contribution >= 4 is 21.6 Å². The van der Waals surface area contributed by atoms with Gasteiger partial charge in [0.2, 0.25) is 10.0 Å². The van der Waals surface area contributed by atoms with Crippen molar-refractivity contribution in [3.8, 4) is 0 Å². The molecule has 0 aromatic heterocycles. The molecule has 0 bridgehead atoms. The van der Waals surface area contributed by atoms with Gasteiger partial charge in [-0.05, 0) is 48.1 Å². The van der Waals surface area contributed by atoms with E-state index in [0.29, 0.717) is 18.0 Å². The number of nitrogens with one attached hydrogen (secondary N) is 2. The molecule has 0 saturated carbocycles. The lowest BCUT2D eigenvalue weighted by atomic mass is 10.0. The number of sulfonamides is 1. The predicted molar refractivity (Wildman–Crippen MR) is 110 cm³/mol. The van der Waals surface area contributed by atoms with E-state index in [1.165, 1.54) is 12.1 Å². The van der Waals surface area contributed by atoms with Crippen molar-refractivity contribution in [3.05, 3.63) is 59.7 Å². The van der Waals surface area contributed by atoms with Gasteiger partial charge in [0.25, 0.3) is 5.91 Å². The van der Waals surface area contributed by atoms with Crippen molar-refractivity contribution in [2.24, 2.45) is 5.92 Å². The lowest BCUT2D eigenvalue weighted by Crippen LogP contribution is -2.26. The van der Waals surface area contributed by atoms with Gasteiger partial charge in [-0.2, -0.15) is 0 Å². The molecule has 0 saturated heterocycles. The molecule has 0 unspecified atom stereocenters. The summed E-state index contributed by atoms with van der Waals surface area (Å²) in [6, 6.07) is 13.7. The van der Waals surface area contributed by atoms with Crippen molar-refractivity contribution < 1.29 is 13.2 Å². The molecule has 0 heterocycles. The number of carbonyl (C=O) groups is 1. The van der Waals surface area contributed by atoms with Gasteiger partial charge >= 0.3 is 0 Å². The van der Waals surface area contributed by atoms with E-state index < -0.39 is 10.0 Å². The van der Waals surface area contributed by atoms with Crippen LogP contribution in [0.3, 0.4) is 0 Å². The summed E-state index contributed by atoms with van der Waals surface area (Å²) in [6.45, 7) is 8.56. The molecular formula is C21H28N2O3S. The van der Waals surface area contributed by atoms with Crippen molar-refractivity contribution in [2.45, 2.75) is 44.9 Å². The first-order chi connectivity index (χ1) is 12.7. The molecule has 0 fully saturated rings. The molecule has 2 aromatic carbocycles. The number of hydrogen-bond donors (Lipinski definition) is 2. The molecule has 0 atom stereocenters. The molecule has 6 heteroatoms. The van der Waals surface area contributed by atoms with Gasteiger partial charge in [0.15, 0.2) is 0 Å². The van der Waals surface area contributed by atoms with Gasteiger partial charge in [-0.25, -0.2) is 13.1 Å². The molecule has 0 aliphatic heterocycles. The summed E-state index contributed by atoms with van der Waals surface area (Å²) < 4.78 is 27.5. The van der Waals surface area contributed by atoms with Gasteiger partial charge < -0.3 is 5.32 Å². The van der Waals surface area contributed by atoms with Gasteiger partial charge in [0.05, 0.1) is 4.90 Å². The zero-order valence-electron chi connectivity index (χ0n) is 16.3. The minimum atomic E-state index is -3.64. The van der Waals surface area contributed by atoms with Crippen LogP contribution < -0.4 is 10.0 Å². The van der Waals surface area contributed by atoms with Crippen LogP contribution in [0.15, 0.2) is 53.4 Å². The summed E-state index contributed by atoms with van der Waals surface area (Å²) in [4.78, 5) is 12.7. The SMILES string of the molecule is CC(C)CCNS(=O)(=O)c1cccc(C(=O)Nc2ccccc2C(C)C)c1. The second-order valence-corrected chi connectivity index (χ2v) is 9.07. The minimum absolute atomic E-state index is 0.0936. The zero-order chi connectivity index (χ0) is 20.0. The first kappa shape index (κ1) is 21.1. The number of para-hydroxylation sites is 1. The Kier molecular flexibility index (Phi) is 7.16. The molecule has 2 rings (SSSR count). The van der Waals surface area contributed by atoms with E-state index >= 15 is 0 Å². The van der Waals surface area contributed by atoms with Gasteiger partial charge in [-0.15, -0.1) is 0 Å². The summed E-state index contributed by atoms with van der Waals surface area (Å²) in [5.41, 5.74) is 2.08. The van der Waals surface area contributed by atoms with E-state index in [2.05, 4.69) is 23.9 Å². The summed E-state index contributed by atoms with van der Waals surface area (Å²) >= 11 is 0. The molecule has 1 amide bonds. The summed E-state index contributed by atoms with van der Waals surface area (Å²) in [7, 11) is -3.64. The summed E-state index contributed by atoms with van der Waals surface area (Å²) in [5, 5.41) is 2.89. The topological polar surface area (TPSA) is 75.3 Å². The smallest absolute Gasteiger partial charge is 0.255 e. The monoisotopic (exact) mass is 388 g/mol. The predicted octanol–water partition coefficient (Wildman–Crippen LogP) is 4.39. The molecule has 5 nitrogen and oxygen atoms in total. The van der Waals surface area contributed by atoms with Crippen molar-refractivity contribution in [3.63, 3.8) is 0 Å². The number of carbonyl (C=O) groups excluding carboxylic acids is 1. The van der Waals surface area contributed by atoms with Gasteiger partial charge in [-0.3, -0.25) is 4.79 Å². The largest absolute Gasteiger partial charge is 0.322 e. The standard InChI is InChI=1S/C21H28N2O3S/c1-15(2)12-13-22-27(25,26)18-9-7-8-17(14-18)21(24)23-20-11-6-5-10-19(20)16(3)4/h5-11,14-16,22H,12-13H2,1-4H3,(H,23,24). The molecule has 2 aromatic rings. The van der Waals surface area contributed by atoms with Crippen LogP contribution in [0.5, 0.6) is 0 Å². The third-order valence-electron chi connectivity index (χ3n) is 4.25. The second kappa shape index (κ2) is 9.15. The van der Waals surface area contributed by atoms with E-state index in [-0.39, 0.29) is 16.7 Å². The Hall–Kier alpha value is -2.18. The Morgan fingerprint density at radius 1 is 1.00 bits per heavy atom. The third kappa shape index (κ3) is 5.91. The van der Waals surface area contributed by atoms with Crippen LogP contribution in [0.4, 0.5) is 5.69 Å². The molecule has 27 heavy (non-hydrogen) atoms. The average Bonchev–Trinajstić information content (AvgIpc) is 2.61. The lowest BCUT2D eigenvalue weighted by molar-refractivity contribution is 0.102. The zero-order valence-corrected chi connectivity index (χ0v) is 17.1. The number of anilines is 1. The Balaban J connectivity index is 2.18. The van der Waals surface area contributed by atoms with Crippen LogP contribution in [-0.2, 0) is 10.0 Å². The van der Waals surface area contributed by atoms with Gasteiger partial charge in [0.1, 0.15) is 0 Å². The van der Waals surface area contributed by atoms with Crippen molar-refractivity contribution in [1.82, 2.24) is 4.72 Å². The van der Waals surface area contributed by atoms with Crippen LogP contribution >= 0.6 is 0 Å². The number of hydrogen-bond acceptors (Lipinski definition) is 3. The fourth-order valence-electron chi connectivity index (χ4n) is 2.68. The molecule has 0 aliphatic rings. The quantitative estimate of drug-likeness (QED) is 0.704. The Morgan fingerprint density at radius 2 is 1.70 bits per heavy atom. The van der Waals surface area contributed by atoms with E-state index in [9.17, 15) is 13.2 Å². The average molecular weight is 389 g/mol. The number of rotatable bonds is 8. The molecule has 2 N–H and O–H groups in total. The number of benzene rings is 2. The molecule has 0 radical (unpaired) electrons. The maximum absolute atomic E-state index is 12.6. The highest BCUT2D eigenvalue weighted by molar-refractivity contribution is 7.89. The number of amides is 1. The highest BCUT2D eigenvalue weighted by atomic mass is 32.2. The lowest BCUT2D eigenvalue weighted by Gasteiger charge is -2.14. The second-order valence-electron chi connectivity index (χ2n) is 7.30. The fraction of sp³-hybridized carbons (Fsp3) is 0.381. The van der Waals surface area contributed by atoms with Crippen LogP contribution in [0.25, 0.3) is 0 Å². The third-order valence-corrected chi connectivity index (χ3v) is 5.71.